The van der Waals surface area contributed by atoms with Crippen LogP contribution in [0.15, 0.2) is 30.5 Å². The summed E-state index contributed by atoms with van der Waals surface area (Å²) in [5, 5.41) is 8.80. The number of carbonyl (C=O) groups is 1. The zero-order chi connectivity index (χ0) is 13.1. The summed E-state index contributed by atoms with van der Waals surface area (Å²) in [6.07, 6.45) is 1.61. The number of fused-ring (bicyclic) bond motifs is 1. The number of aromatic nitrogens is 1. The van der Waals surface area contributed by atoms with E-state index in [2.05, 4.69) is 4.98 Å². The third-order valence-corrected chi connectivity index (χ3v) is 3.82. The lowest BCUT2D eigenvalue weighted by molar-refractivity contribution is -0.136. The number of halogens is 1. The number of aliphatic carboxylic acids is 1. The Morgan fingerprint density at radius 2 is 2.28 bits per heavy atom. The smallest absolute Gasteiger partial charge is 0.316 e. The monoisotopic (exact) mass is 265 g/mol. The molecule has 0 aliphatic carbocycles. The van der Waals surface area contributed by atoms with Crippen LogP contribution in [0.25, 0.3) is 10.9 Å². The molecule has 94 valence electrons. The van der Waals surface area contributed by atoms with Crippen molar-refractivity contribution in [3.05, 3.63) is 41.8 Å². The summed E-state index contributed by atoms with van der Waals surface area (Å²) in [5.41, 5.74) is 1.45. The van der Waals surface area contributed by atoms with E-state index in [9.17, 15) is 9.18 Å². The first kappa shape index (κ1) is 12.8. The fourth-order valence-corrected chi connectivity index (χ4v) is 2.40. The van der Waals surface area contributed by atoms with E-state index in [0.717, 1.165) is 5.56 Å². The molecule has 18 heavy (non-hydrogen) atoms. The van der Waals surface area contributed by atoms with Crippen LogP contribution in [0.4, 0.5) is 4.39 Å². The lowest BCUT2D eigenvalue weighted by Gasteiger charge is -2.08. The minimum atomic E-state index is -0.848. The van der Waals surface area contributed by atoms with Crippen molar-refractivity contribution >= 4 is 28.6 Å². The molecule has 0 spiro atoms. The highest BCUT2D eigenvalue weighted by molar-refractivity contribution is 7.99. The Kier molecular flexibility index (Phi) is 3.81. The van der Waals surface area contributed by atoms with E-state index in [0.29, 0.717) is 16.7 Å². The van der Waals surface area contributed by atoms with Crippen molar-refractivity contribution in [2.45, 2.75) is 17.9 Å². The van der Waals surface area contributed by atoms with Gasteiger partial charge in [0, 0.05) is 17.3 Å². The van der Waals surface area contributed by atoms with Crippen LogP contribution in [-0.2, 0) is 10.5 Å². The minimum Gasteiger partial charge on any atom is -0.480 e. The van der Waals surface area contributed by atoms with Crippen molar-refractivity contribution < 1.29 is 14.3 Å². The predicted molar refractivity (Wildman–Crippen MR) is 70.1 cm³/mol. The molecule has 0 amide bonds. The molecule has 1 unspecified atom stereocenters. The average Bonchev–Trinajstić information content (AvgIpc) is 2.38. The maximum absolute atomic E-state index is 13.6. The summed E-state index contributed by atoms with van der Waals surface area (Å²) < 4.78 is 13.6. The molecule has 0 saturated carbocycles. The second-order valence-electron chi connectivity index (χ2n) is 3.90. The molecule has 2 aromatic rings. The summed E-state index contributed by atoms with van der Waals surface area (Å²) in [4.78, 5) is 14.9. The molecule has 1 N–H and O–H groups in total. The summed E-state index contributed by atoms with van der Waals surface area (Å²) in [5.74, 6) is -0.654. The predicted octanol–water partition coefficient (Wildman–Crippen LogP) is 3.08. The van der Waals surface area contributed by atoms with Crippen LogP contribution in [0.1, 0.15) is 12.5 Å². The number of carboxylic acid groups (broad SMARTS) is 1. The zero-order valence-corrected chi connectivity index (χ0v) is 10.6. The van der Waals surface area contributed by atoms with Gasteiger partial charge in [-0.15, -0.1) is 11.8 Å². The van der Waals surface area contributed by atoms with Crippen molar-refractivity contribution in [1.82, 2.24) is 4.98 Å². The molecule has 0 bridgehead atoms. The Labute approximate surface area is 108 Å². The first-order chi connectivity index (χ1) is 8.59. The molecule has 0 aliphatic heterocycles. The highest BCUT2D eigenvalue weighted by atomic mass is 32.2. The van der Waals surface area contributed by atoms with E-state index in [4.69, 9.17) is 5.11 Å². The number of nitrogens with zero attached hydrogens (tertiary/aromatic N) is 1. The molecule has 0 aliphatic rings. The van der Waals surface area contributed by atoms with Gasteiger partial charge >= 0.3 is 5.97 Å². The number of thioether (sulfide) groups is 1. The molecular weight excluding hydrogens is 253 g/mol. The lowest BCUT2D eigenvalue weighted by atomic mass is 10.1. The summed E-state index contributed by atoms with van der Waals surface area (Å²) >= 11 is 1.30. The molecule has 1 atom stereocenters. The zero-order valence-electron chi connectivity index (χ0n) is 9.76. The van der Waals surface area contributed by atoms with Gasteiger partial charge in [0.1, 0.15) is 5.82 Å². The van der Waals surface area contributed by atoms with Crippen molar-refractivity contribution in [2.24, 2.45) is 0 Å². The van der Waals surface area contributed by atoms with Gasteiger partial charge in [-0.2, -0.15) is 0 Å². The molecule has 0 fully saturated rings. The number of pyridine rings is 1. The normalized spacial score (nSPS) is 12.6. The van der Waals surface area contributed by atoms with Crippen LogP contribution in [0.2, 0.25) is 0 Å². The van der Waals surface area contributed by atoms with Crippen LogP contribution in [0.5, 0.6) is 0 Å². The molecule has 1 aromatic carbocycles. The van der Waals surface area contributed by atoms with Gasteiger partial charge in [0.05, 0.1) is 10.8 Å². The fraction of sp³-hybridized carbons (Fsp3) is 0.231. The summed E-state index contributed by atoms with van der Waals surface area (Å²) in [6, 6.07) is 6.41. The topological polar surface area (TPSA) is 50.2 Å². The van der Waals surface area contributed by atoms with Crippen molar-refractivity contribution in [3.8, 4) is 0 Å². The average molecular weight is 265 g/mol. The van der Waals surface area contributed by atoms with E-state index < -0.39 is 11.2 Å². The SMILES string of the molecule is CC(SCc1ccc(F)c2cccnc12)C(=O)O. The van der Waals surface area contributed by atoms with Gasteiger partial charge < -0.3 is 5.11 Å². The quantitative estimate of drug-likeness (QED) is 0.923. The van der Waals surface area contributed by atoms with Crippen LogP contribution >= 0.6 is 11.8 Å². The number of benzene rings is 1. The largest absolute Gasteiger partial charge is 0.480 e. The van der Waals surface area contributed by atoms with E-state index >= 15 is 0 Å². The number of hydrogen-bond donors (Lipinski definition) is 1. The Hall–Kier alpha value is -1.62. The molecule has 1 aromatic heterocycles. The van der Waals surface area contributed by atoms with Crippen LogP contribution in [0.3, 0.4) is 0 Å². The second kappa shape index (κ2) is 5.35. The summed E-state index contributed by atoms with van der Waals surface area (Å²) in [7, 11) is 0. The van der Waals surface area contributed by atoms with Gasteiger partial charge in [-0.3, -0.25) is 9.78 Å². The van der Waals surface area contributed by atoms with Crippen LogP contribution in [-0.4, -0.2) is 21.3 Å². The number of carboxylic acids is 1. The van der Waals surface area contributed by atoms with Gasteiger partial charge in [-0.05, 0) is 30.7 Å². The van der Waals surface area contributed by atoms with E-state index in [-0.39, 0.29) is 5.82 Å². The van der Waals surface area contributed by atoms with Crippen LogP contribution in [0, 0.1) is 5.82 Å². The third kappa shape index (κ3) is 2.61. The standard InChI is InChI=1S/C13H12FNO2S/c1-8(13(16)17)18-7-9-4-5-11(14)10-3-2-6-15-12(9)10/h2-6,8H,7H2,1H3,(H,16,17). The highest BCUT2D eigenvalue weighted by Crippen LogP contribution is 2.25. The van der Waals surface area contributed by atoms with Gasteiger partial charge in [0.2, 0.25) is 0 Å². The third-order valence-electron chi connectivity index (χ3n) is 2.64. The van der Waals surface area contributed by atoms with Crippen LogP contribution < -0.4 is 0 Å². The number of hydrogen-bond acceptors (Lipinski definition) is 3. The van der Waals surface area contributed by atoms with E-state index in [1.54, 1.807) is 31.3 Å². The molecule has 2 rings (SSSR count). The molecule has 5 heteroatoms. The van der Waals surface area contributed by atoms with Gasteiger partial charge in [-0.1, -0.05) is 6.07 Å². The Morgan fingerprint density at radius 1 is 1.50 bits per heavy atom. The Balaban J connectivity index is 2.29. The molecule has 0 radical (unpaired) electrons. The fourth-order valence-electron chi connectivity index (χ4n) is 1.60. The van der Waals surface area contributed by atoms with E-state index in [1.165, 1.54) is 17.8 Å². The number of rotatable bonds is 4. The van der Waals surface area contributed by atoms with Crippen molar-refractivity contribution in [1.29, 1.82) is 0 Å². The van der Waals surface area contributed by atoms with Gasteiger partial charge in [0.15, 0.2) is 0 Å². The van der Waals surface area contributed by atoms with Gasteiger partial charge in [0.25, 0.3) is 0 Å². The highest BCUT2D eigenvalue weighted by Gasteiger charge is 2.13. The van der Waals surface area contributed by atoms with E-state index in [1.807, 2.05) is 0 Å². The summed E-state index contributed by atoms with van der Waals surface area (Å²) in [6.45, 7) is 1.63. The molecule has 1 heterocycles. The Bertz CT molecular complexity index is 588. The maximum Gasteiger partial charge on any atom is 0.316 e. The molecule has 3 nitrogen and oxygen atoms in total. The minimum absolute atomic E-state index is 0.307. The lowest BCUT2D eigenvalue weighted by Crippen LogP contribution is -2.11. The van der Waals surface area contributed by atoms with Gasteiger partial charge in [-0.25, -0.2) is 4.39 Å². The maximum atomic E-state index is 13.6. The Morgan fingerprint density at radius 3 is 3.00 bits per heavy atom. The first-order valence-electron chi connectivity index (χ1n) is 5.46. The van der Waals surface area contributed by atoms with Crippen molar-refractivity contribution in [2.75, 3.05) is 0 Å². The molecule has 0 saturated heterocycles. The van der Waals surface area contributed by atoms with Crippen molar-refractivity contribution in [3.63, 3.8) is 0 Å². The first-order valence-corrected chi connectivity index (χ1v) is 6.51. The second-order valence-corrected chi connectivity index (χ2v) is 5.23. The molecular formula is C13H12FNO2S.